The van der Waals surface area contributed by atoms with Crippen molar-refractivity contribution in [3.63, 3.8) is 0 Å². The molecule has 0 radical (unpaired) electrons. The fraction of sp³-hybridized carbons (Fsp3) is 0.462. The number of hydrogen-bond donors (Lipinski definition) is 1. The summed E-state index contributed by atoms with van der Waals surface area (Å²) in [5.41, 5.74) is 1.04. The maximum absolute atomic E-state index is 5.53. The lowest BCUT2D eigenvalue weighted by Gasteiger charge is -2.36. The van der Waals surface area contributed by atoms with E-state index in [1.54, 1.807) is 0 Å². The van der Waals surface area contributed by atoms with E-state index in [-0.39, 0.29) is 0 Å². The van der Waals surface area contributed by atoms with Gasteiger partial charge in [0.2, 0.25) is 0 Å². The first-order chi connectivity index (χ1) is 8.70. The van der Waals surface area contributed by atoms with Crippen LogP contribution in [0.2, 0.25) is 0 Å². The summed E-state index contributed by atoms with van der Waals surface area (Å²) in [6.45, 7) is 3.28. The Morgan fingerprint density at radius 3 is 3.17 bits per heavy atom. The van der Waals surface area contributed by atoms with Gasteiger partial charge in [0.05, 0.1) is 5.37 Å². The van der Waals surface area contributed by atoms with Crippen molar-refractivity contribution in [3.8, 4) is 0 Å². The van der Waals surface area contributed by atoms with Crippen LogP contribution in [0.3, 0.4) is 0 Å². The highest BCUT2D eigenvalue weighted by Gasteiger charge is 2.23. The number of rotatable bonds is 2. The second-order valence-corrected chi connectivity index (χ2v) is 6.81. The van der Waals surface area contributed by atoms with Crippen LogP contribution < -0.4 is 5.32 Å². The van der Waals surface area contributed by atoms with E-state index in [1.807, 2.05) is 36.0 Å². The molecule has 0 amide bonds. The van der Waals surface area contributed by atoms with Gasteiger partial charge in [-0.15, -0.1) is 11.8 Å². The van der Waals surface area contributed by atoms with Crippen LogP contribution in [0.15, 0.2) is 28.7 Å². The van der Waals surface area contributed by atoms with Gasteiger partial charge in [-0.1, -0.05) is 28.9 Å². The Morgan fingerprint density at radius 1 is 1.61 bits per heavy atom. The molecule has 1 atom stereocenters. The van der Waals surface area contributed by atoms with Gasteiger partial charge in [0.1, 0.15) is 0 Å². The summed E-state index contributed by atoms with van der Waals surface area (Å²) in [5, 5.41) is 4.69. The van der Waals surface area contributed by atoms with Gasteiger partial charge in [0, 0.05) is 16.7 Å². The molecule has 18 heavy (non-hydrogen) atoms. The first kappa shape index (κ1) is 14.2. The first-order valence-electron chi connectivity index (χ1n) is 6.15. The number of thiocarbonyl (C=S) groups is 1. The molecule has 0 saturated carbocycles. The van der Waals surface area contributed by atoms with Gasteiger partial charge in [-0.2, -0.15) is 0 Å². The average Bonchev–Trinajstić information content (AvgIpc) is 2.38. The van der Waals surface area contributed by atoms with Crippen molar-refractivity contribution in [1.29, 1.82) is 0 Å². The zero-order chi connectivity index (χ0) is 13.0. The van der Waals surface area contributed by atoms with Crippen LogP contribution in [0.5, 0.6) is 0 Å². The molecule has 1 aromatic carbocycles. The Balaban J connectivity index is 2.02. The van der Waals surface area contributed by atoms with Crippen LogP contribution in [0.25, 0.3) is 0 Å². The van der Waals surface area contributed by atoms with Gasteiger partial charge in [0.25, 0.3) is 0 Å². The van der Waals surface area contributed by atoms with Gasteiger partial charge < -0.3 is 10.2 Å². The van der Waals surface area contributed by atoms with Gasteiger partial charge in [0.15, 0.2) is 5.11 Å². The smallest absolute Gasteiger partial charge is 0.174 e. The Hall–Kier alpha value is -0.260. The maximum Gasteiger partial charge on any atom is 0.174 e. The van der Waals surface area contributed by atoms with Crippen molar-refractivity contribution in [2.24, 2.45) is 0 Å². The van der Waals surface area contributed by atoms with Crippen LogP contribution in [0, 0.1) is 0 Å². The molecule has 1 fully saturated rings. The number of benzene rings is 1. The van der Waals surface area contributed by atoms with Crippen LogP contribution in [-0.4, -0.2) is 27.7 Å². The lowest BCUT2D eigenvalue weighted by molar-refractivity contribution is 0.381. The normalized spacial score (nSPS) is 19.7. The highest BCUT2D eigenvalue weighted by Crippen LogP contribution is 2.26. The molecule has 0 aromatic heterocycles. The van der Waals surface area contributed by atoms with Crippen molar-refractivity contribution < 1.29 is 0 Å². The maximum atomic E-state index is 5.53. The van der Waals surface area contributed by atoms with E-state index >= 15 is 0 Å². The molecule has 5 heteroatoms. The predicted octanol–water partition coefficient (Wildman–Crippen LogP) is 4.32. The van der Waals surface area contributed by atoms with Gasteiger partial charge in [-0.3, -0.25) is 0 Å². The summed E-state index contributed by atoms with van der Waals surface area (Å²) in [4.78, 5) is 2.31. The van der Waals surface area contributed by atoms with E-state index in [0.717, 1.165) is 28.2 Å². The highest BCUT2D eigenvalue weighted by atomic mass is 79.9. The monoisotopic (exact) mass is 344 g/mol. The summed E-state index contributed by atoms with van der Waals surface area (Å²) < 4.78 is 1.07. The van der Waals surface area contributed by atoms with Crippen molar-refractivity contribution >= 4 is 50.7 Å². The zero-order valence-corrected chi connectivity index (χ0v) is 13.6. The predicted molar refractivity (Wildman–Crippen MR) is 88.2 cm³/mol. The Labute approximate surface area is 127 Å². The van der Waals surface area contributed by atoms with E-state index in [0.29, 0.717) is 5.37 Å². The fourth-order valence-corrected chi connectivity index (χ4v) is 4.02. The van der Waals surface area contributed by atoms with E-state index < -0.39 is 0 Å². The molecule has 2 nitrogen and oxygen atoms in total. The van der Waals surface area contributed by atoms with Crippen molar-refractivity contribution in [3.05, 3.63) is 28.7 Å². The summed E-state index contributed by atoms with van der Waals surface area (Å²) in [6, 6.07) is 8.11. The third-order valence-corrected chi connectivity index (χ3v) is 5.21. The van der Waals surface area contributed by atoms with Gasteiger partial charge in [-0.05, 0) is 49.0 Å². The van der Waals surface area contributed by atoms with E-state index in [1.165, 1.54) is 12.2 Å². The Kier molecular flexibility index (Phi) is 5.33. The molecule has 1 saturated heterocycles. The summed E-state index contributed by atoms with van der Waals surface area (Å²) in [5.74, 6) is 1.24. The molecule has 0 bridgehead atoms. The molecule has 1 aliphatic heterocycles. The fourth-order valence-electron chi connectivity index (χ4n) is 2.02. The molecule has 1 aliphatic rings. The molecule has 98 valence electrons. The summed E-state index contributed by atoms with van der Waals surface area (Å²) >= 11 is 11.0. The Morgan fingerprint density at radius 2 is 2.44 bits per heavy atom. The van der Waals surface area contributed by atoms with Crippen LogP contribution >= 0.6 is 39.9 Å². The minimum Gasteiger partial charge on any atom is -0.337 e. The van der Waals surface area contributed by atoms with Crippen molar-refractivity contribution in [1.82, 2.24) is 4.90 Å². The molecule has 1 heterocycles. The second-order valence-electron chi connectivity index (χ2n) is 4.22. The van der Waals surface area contributed by atoms with Gasteiger partial charge in [-0.25, -0.2) is 0 Å². The van der Waals surface area contributed by atoms with E-state index in [4.69, 9.17) is 12.2 Å². The average molecular weight is 345 g/mol. The number of nitrogens with one attached hydrogen (secondary N) is 1. The highest BCUT2D eigenvalue weighted by molar-refractivity contribution is 9.10. The van der Waals surface area contributed by atoms with Crippen LogP contribution in [0.1, 0.15) is 19.8 Å². The molecule has 0 spiro atoms. The first-order valence-corrected chi connectivity index (χ1v) is 8.40. The SMILES string of the molecule is CCC1SCCCN1C(=S)Nc1cccc(Br)c1. The standard InChI is InChI=1S/C13H17BrN2S2/c1-2-12-16(7-4-8-18-12)13(17)15-11-6-3-5-10(14)9-11/h3,5-6,9,12H,2,4,7-8H2,1H3,(H,15,17). The minimum absolute atomic E-state index is 0.519. The van der Waals surface area contributed by atoms with Gasteiger partial charge >= 0.3 is 0 Å². The molecule has 2 rings (SSSR count). The van der Waals surface area contributed by atoms with Crippen LogP contribution in [-0.2, 0) is 0 Å². The third-order valence-electron chi connectivity index (χ3n) is 2.89. The largest absolute Gasteiger partial charge is 0.337 e. The lowest BCUT2D eigenvalue weighted by atomic mass is 10.3. The number of anilines is 1. The molecular formula is C13H17BrN2S2. The topological polar surface area (TPSA) is 15.3 Å². The Bertz CT molecular complexity index is 425. The summed E-state index contributed by atoms with van der Waals surface area (Å²) in [7, 11) is 0. The second kappa shape index (κ2) is 6.78. The van der Waals surface area contributed by atoms with Crippen molar-refractivity contribution in [2.75, 3.05) is 17.6 Å². The quantitative estimate of drug-likeness (QED) is 0.803. The third kappa shape index (κ3) is 3.62. The van der Waals surface area contributed by atoms with Crippen LogP contribution in [0.4, 0.5) is 5.69 Å². The summed E-state index contributed by atoms with van der Waals surface area (Å²) in [6.07, 6.45) is 2.34. The zero-order valence-electron chi connectivity index (χ0n) is 10.4. The number of nitrogens with zero attached hydrogens (tertiary/aromatic N) is 1. The molecule has 1 N–H and O–H groups in total. The molecule has 1 unspecified atom stereocenters. The number of thioether (sulfide) groups is 1. The molecule has 0 aliphatic carbocycles. The minimum atomic E-state index is 0.519. The van der Waals surface area contributed by atoms with Crippen molar-refractivity contribution in [2.45, 2.75) is 25.1 Å². The van der Waals surface area contributed by atoms with E-state index in [2.05, 4.69) is 33.1 Å². The lowest BCUT2D eigenvalue weighted by Crippen LogP contribution is -2.44. The molecular weight excluding hydrogens is 328 g/mol. The van der Waals surface area contributed by atoms with E-state index in [9.17, 15) is 0 Å². The molecule has 1 aromatic rings. The number of halogens is 1. The number of hydrogen-bond acceptors (Lipinski definition) is 2.